The zero-order chi connectivity index (χ0) is 19.1. The minimum absolute atomic E-state index is 0.162. The third kappa shape index (κ3) is 5.27. The van der Waals surface area contributed by atoms with Gasteiger partial charge in [0, 0.05) is 36.8 Å². The number of benzene rings is 2. The van der Waals surface area contributed by atoms with E-state index in [2.05, 4.69) is 47.6 Å². The van der Waals surface area contributed by atoms with E-state index in [-0.39, 0.29) is 6.03 Å². The van der Waals surface area contributed by atoms with E-state index in [1.165, 1.54) is 11.5 Å². The number of thioether (sulfide) groups is 1. The van der Waals surface area contributed by atoms with Crippen molar-refractivity contribution in [2.75, 3.05) is 29.9 Å². The van der Waals surface area contributed by atoms with Gasteiger partial charge in [0.15, 0.2) is 0 Å². The highest BCUT2D eigenvalue weighted by Crippen LogP contribution is 2.25. The number of carbonyl (C=O) groups is 1. The fraction of sp³-hybridized carbons (Fsp3) is 0.409. The number of hydrogen-bond acceptors (Lipinski definition) is 3. The standard InChI is InChI=1S/C22H29N3OS/c1-3-22(2,19-10-5-4-6-11-19)24-21(26)23-20-12-8-7-9-18(20)17-25-13-15-27-16-14-25/h4-12H,3,13-17H2,1-2H3,(H2,23,24,26). The van der Waals surface area contributed by atoms with Gasteiger partial charge >= 0.3 is 6.03 Å². The molecule has 0 aliphatic carbocycles. The van der Waals surface area contributed by atoms with Crippen LogP contribution in [0.2, 0.25) is 0 Å². The van der Waals surface area contributed by atoms with Gasteiger partial charge in [0.05, 0.1) is 5.54 Å². The first-order valence-electron chi connectivity index (χ1n) is 9.63. The van der Waals surface area contributed by atoms with Gasteiger partial charge in [-0.1, -0.05) is 55.5 Å². The van der Waals surface area contributed by atoms with E-state index < -0.39 is 5.54 Å². The van der Waals surface area contributed by atoms with Crippen LogP contribution in [0.1, 0.15) is 31.4 Å². The van der Waals surface area contributed by atoms with E-state index in [0.717, 1.165) is 42.9 Å². The molecule has 1 heterocycles. The molecule has 0 saturated carbocycles. The normalized spacial score (nSPS) is 17.1. The largest absolute Gasteiger partial charge is 0.329 e. The van der Waals surface area contributed by atoms with Gasteiger partial charge in [-0.2, -0.15) is 11.8 Å². The van der Waals surface area contributed by atoms with Gasteiger partial charge in [0.25, 0.3) is 0 Å². The molecule has 0 bridgehead atoms. The number of hydrogen-bond donors (Lipinski definition) is 2. The second-order valence-corrected chi connectivity index (χ2v) is 8.40. The molecule has 3 rings (SSSR count). The van der Waals surface area contributed by atoms with Crippen molar-refractivity contribution in [2.24, 2.45) is 0 Å². The average molecular weight is 384 g/mol. The molecule has 0 aromatic heterocycles. The van der Waals surface area contributed by atoms with Crippen LogP contribution in [0, 0.1) is 0 Å². The van der Waals surface area contributed by atoms with Crippen molar-refractivity contribution in [3.63, 3.8) is 0 Å². The lowest BCUT2D eigenvalue weighted by Crippen LogP contribution is -2.45. The Bertz CT molecular complexity index is 746. The summed E-state index contributed by atoms with van der Waals surface area (Å²) < 4.78 is 0. The number of rotatable bonds is 6. The Morgan fingerprint density at radius 2 is 1.74 bits per heavy atom. The Kier molecular flexibility index (Phi) is 6.80. The van der Waals surface area contributed by atoms with Crippen LogP contribution >= 0.6 is 11.8 Å². The van der Waals surface area contributed by atoms with Crippen LogP contribution in [0.25, 0.3) is 0 Å². The minimum Gasteiger partial charge on any atom is -0.329 e. The molecule has 2 aromatic rings. The van der Waals surface area contributed by atoms with Gasteiger partial charge in [-0.15, -0.1) is 0 Å². The van der Waals surface area contributed by atoms with E-state index in [4.69, 9.17) is 0 Å². The summed E-state index contributed by atoms with van der Waals surface area (Å²) in [5.41, 5.74) is 2.77. The fourth-order valence-corrected chi connectivity index (χ4v) is 4.33. The third-order valence-corrected chi connectivity index (χ3v) is 6.21. The first-order chi connectivity index (χ1) is 13.1. The van der Waals surface area contributed by atoms with Crippen molar-refractivity contribution >= 4 is 23.5 Å². The summed E-state index contributed by atoms with van der Waals surface area (Å²) in [7, 11) is 0. The number of amides is 2. The third-order valence-electron chi connectivity index (χ3n) is 5.27. The molecule has 2 amide bonds. The summed E-state index contributed by atoms with van der Waals surface area (Å²) in [6.07, 6.45) is 0.817. The van der Waals surface area contributed by atoms with Crippen molar-refractivity contribution in [1.29, 1.82) is 0 Å². The molecule has 144 valence electrons. The zero-order valence-corrected chi connectivity index (χ0v) is 17.0. The molecule has 2 aromatic carbocycles. The predicted molar refractivity (Wildman–Crippen MR) is 115 cm³/mol. The van der Waals surface area contributed by atoms with Gasteiger partial charge in [-0.3, -0.25) is 4.90 Å². The molecule has 4 nitrogen and oxygen atoms in total. The molecule has 2 N–H and O–H groups in total. The van der Waals surface area contributed by atoms with Gasteiger partial charge in [-0.25, -0.2) is 4.79 Å². The molecule has 0 spiro atoms. The first kappa shape index (κ1) is 19.8. The number of anilines is 1. The van der Waals surface area contributed by atoms with Gasteiger partial charge < -0.3 is 10.6 Å². The maximum atomic E-state index is 12.8. The van der Waals surface area contributed by atoms with E-state index in [0.29, 0.717) is 0 Å². The number of urea groups is 1. The summed E-state index contributed by atoms with van der Waals surface area (Å²) in [5.74, 6) is 2.37. The van der Waals surface area contributed by atoms with Crippen molar-refractivity contribution in [2.45, 2.75) is 32.4 Å². The SMILES string of the molecule is CCC(C)(NC(=O)Nc1ccccc1CN1CCSCC1)c1ccccc1. The second kappa shape index (κ2) is 9.29. The average Bonchev–Trinajstić information content (AvgIpc) is 2.71. The molecular formula is C22H29N3OS. The number of nitrogens with one attached hydrogen (secondary N) is 2. The summed E-state index contributed by atoms with van der Waals surface area (Å²) in [6, 6.07) is 18.1. The molecule has 1 unspecified atom stereocenters. The Morgan fingerprint density at radius 3 is 2.44 bits per heavy atom. The second-order valence-electron chi connectivity index (χ2n) is 7.18. The van der Waals surface area contributed by atoms with Crippen LogP contribution in [0.15, 0.2) is 54.6 Å². The van der Waals surface area contributed by atoms with Crippen molar-refractivity contribution < 1.29 is 4.79 Å². The van der Waals surface area contributed by atoms with Gasteiger partial charge in [0.2, 0.25) is 0 Å². The lowest BCUT2D eigenvalue weighted by atomic mass is 9.89. The van der Waals surface area contributed by atoms with E-state index >= 15 is 0 Å². The molecule has 5 heteroatoms. The lowest BCUT2D eigenvalue weighted by Gasteiger charge is -2.31. The smallest absolute Gasteiger partial charge is 0.319 e. The van der Waals surface area contributed by atoms with E-state index in [9.17, 15) is 4.79 Å². The molecule has 1 saturated heterocycles. The lowest BCUT2D eigenvalue weighted by molar-refractivity contribution is 0.238. The van der Waals surface area contributed by atoms with E-state index in [1.54, 1.807) is 0 Å². The van der Waals surface area contributed by atoms with Crippen LogP contribution < -0.4 is 10.6 Å². The highest BCUT2D eigenvalue weighted by molar-refractivity contribution is 7.99. The van der Waals surface area contributed by atoms with Crippen LogP contribution in [0.5, 0.6) is 0 Å². The summed E-state index contributed by atoms with van der Waals surface area (Å²) in [4.78, 5) is 15.2. The molecule has 27 heavy (non-hydrogen) atoms. The summed E-state index contributed by atoms with van der Waals surface area (Å²) in [5, 5.41) is 6.25. The zero-order valence-electron chi connectivity index (χ0n) is 16.2. The Labute approximate surface area is 166 Å². The molecule has 1 atom stereocenters. The first-order valence-corrected chi connectivity index (χ1v) is 10.8. The van der Waals surface area contributed by atoms with Gasteiger partial charge in [0.1, 0.15) is 0 Å². The molecule has 1 fully saturated rings. The highest BCUT2D eigenvalue weighted by Gasteiger charge is 2.26. The highest BCUT2D eigenvalue weighted by atomic mass is 32.2. The summed E-state index contributed by atoms with van der Waals surface area (Å²) in [6.45, 7) is 7.25. The summed E-state index contributed by atoms with van der Waals surface area (Å²) >= 11 is 2.01. The van der Waals surface area contributed by atoms with Crippen LogP contribution in [0.4, 0.5) is 10.5 Å². The Balaban J connectivity index is 1.68. The van der Waals surface area contributed by atoms with Crippen LogP contribution in [0.3, 0.4) is 0 Å². The number of carbonyl (C=O) groups excluding carboxylic acids is 1. The molecule has 1 aliphatic rings. The Hall–Kier alpha value is -1.98. The maximum Gasteiger partial charge on any atom is 0.319 e. The topological polar surface area (TPSA) is 44.4 Å². The predicted octanol–water partition coefficient (Wildman–Crippen LogP) is 4.68. The van der Waals surface area contributed by atoms with Crippen molar-refractivity contribution in [3.8, 4) is 0 Å². The Morgan fingerprint density at radius 1 is 1.07 bits per heavy atom. The number of nitrogens with zero attached hydrogens (tertiary/aromatic N) is 1. The van der Waals surface area contributed by atoms with Crippen molar-refractivity contribution in [1.82, 2.24) is 10.2 Å². The van der Waals surface area contributed by atoms with E-state index in [1.807, 2.05) is 48.2 Å². The minimum atomic E-state index is -0.398. The van der Waals surface area contributed by atoms with Crippen LogP contribution in [-0.2, 0) is 12.1 Å². The maximum absolute atomic E-state index is 12.8. The fourth-order valence-electron chi connectivity index (χ4n) is 3.36. The molecule has 1 aliphatic heterocycles. The van der Waals surface area contributed by atoms with Gasteiger partial charge in [-0.05, 0) is 30.5 Å². The quantitative estimate of drug-likeness (QED) is 0.761. The molecule has 0 radical (unpaired) electrons. The molecular weight excluding hydrogens is 354 g/mol. The van der Waals surface area contributed by atoms with Crippen molar-refractivity contribution in [3.05, 3.63) is 65.7 Å². The monoisotopic (exact) mass is 383 g/mol. The number of para-hydroxylation sites is 1. The van der Waals surface area contributed by atoms with Crippen LogP contribution in [-0.4, -0.2) is 35.5 Å².